The molecular formula is C13H19ClN2O3S2. The highest BCUT2D eigenvalue weighted by molar-refractivity contribution is 7.89. The topological polar surface area (TPSA) is 72.6 Å². The van der Waals surface area contributed by atoms with Crippen LogP contribution in [0.5, 0.6) is 0 Å². The Morgan fingerprint density at radius 3 is 2.57 bits per heavy atom. The van der Waals surface area contributed by atoms with Crippen molar-refractivity contribution in [3.8, 4) is 0 Å². The van der Waals surface area contributed by atoms with Crippen molar-refractivity contribution in [3.05, 3.63) is 28.8 Å². The number of thiocarbonyl (C=S) groups is 1. The Morgan fingerprint density at radius 1 is 1.52 bits per heavy atom. The molecule has 8 heteroatoms. The molecule has 0 fully saturated rings. The predicted octanol–water partition coefficient (Wildman–Crippen LogP) is 2.02. The molecule has 0 aliphatic rings. The van der Waals surface area contributed by atoms with Crippen molar-refractivity contribution in [1.29, 1.82) is 0 Å². The smallest absolute Gasteiger partial charge is 0.243 e. The fraction of sp³-hybridized carbons (Fsp3) is 0.462. The normalized spacial score (nSPS) is 13.4. The van der Waals surface area contributed by atoms with Crippen LogP contribution in [0.4, 0.5) is 0 Å². The lowest BCUT2D eigenvalue weighted by Crippen LogP contribution is -2.40. The van der Waals surface area contributed by atoms with Crippen molar-refractivity contribution in [3.63, 3.8) is 0 Å². The summed E-state index contributed by atoms with van der Waals surface area (Å²) in [5.74, 6) is 0. The van der Waals surface area contributed by atoms with E-state index in [0.717, 1.165) is 0 Å². The van der Waals surface area contributed by atoms with Gasteiger partial charge in [-0.15, -0.1) is 0 Å². The molecule has 1 aromatic carbocycles. The molecule has 1 atom stereocenters. The molecule has 0 saturated heterocycles. The zero-order chi connectivity index (χ0) is 16.2. The molecule has 0 aliphatic heterocycles. The third kappa shape index (κ3) is 4.14. The molecule has 0 saturated carbocycles. The van der Waals surface area contributed by atoms with Crippen molar-refractivity contribution < 1.29 is 13.2 Å². The first-order valence-electron chi connectivity index (χ1n) is 6.35. The minimum Gasteiger partial charge on any atom is -0.389 e. The molecule has 1 unspecified atom stereocenters. The SMILES string of the molecule is CCN(C(C)COC)S(=O)(=O)c1ccc(C(N)=S)c(Cl)c1. The molecule has 0 heterocycles. The van der Waals surface area contributed by atoms with Crippen LogP contribution in [0.25, 0.3) is 0 Å². The third-order valence-electron chi connectivity index (χ3n) is 3.02. The van der Waals surface area contributed by atoms with Gasteiger partial charge in [-0.25, -0.2) is 8.42 Å². The summed E-state index contributed by atoms with van der Waals surface area (Å²) in [5.41, 5.74) is 5.98. The maximum absolute atomic E-state index is 12.7. The van der Waals surface area contributed by atoms with Crippen molar-refractivity contribution in [2.24, 2.45) is 5.73 Å². The van der Waals surface area contributed by atoms with Gasteiger partial charge in [0.05, 0.1) is 16.5 Å². The van der Waals surface area contributed by atoms with Crippen molar-refractivity contribution in [1.82, 2.24) is 4.31 Å². The van der Waals surface area contributed by atoms with Crippen molar-refractivity contribution >= 4 is 38.8 Å². The van der Waals surface area contributed by atoms with Crippen LogP contribution in [0, 0.1) is 0 Å². The molecule has 0 aliphatic carbocycles. The first kappa shape index (κ1) is 18.3. The van der Waals surface area contributed by atoms with E-state index in [4.69, 9.17) is 34.3 Å². The summed E-state index contributed by atoms with van der Waals surface area (Å²) in [6, 6.07) is 4.07. The van der Waals surface area contributed by atoms with Gasteiger partial charge in [-0.1, -0.05) is 30.7 Å². The van der Waals surface area contributed by atoms with E-state index in [2.05, 4.69) is 0 Å². The van der Waals surface area contributed by atoms with Gasteiger partial charge in [0.2, 0.25) is 10.0 Å². The van der Waals surface area contributed by atoms with Gasteiger partial charge in [-0.2, -0.15) is 4.31 Å². The fourth-order valence-corrected chi connectivity index (χ4v) is 4.27. The second-order valence-electron chi connectivity index (χ2n) is 4.52. The Balaban J connectivity index is 3.23. The molecule has 0 spiro atoms. The summed E-state index contributed by atoms with van der Waals surface area (Å²) in [5, 5.41) is 0.221. The van der Waals surface area contributed by atoms with Crippen LogP contribution < -0.4 is 5.73 Å². The van der Waals surface area contributed by atoms with Crippen LogP contribution in [-0.2, 0) is 14.8 Å². The Morgan fingerprint density at radius 2 is 2.14 bits per heavy atom. The maximum atomic E-state index is 12.7. The summed E-state index contributed by atoms with van der Waals surface area (Å²) < 4.78 is 31.7. The number of hydrogen-bond donors (Lipinski definition) is 1. The summed E-state index contributed by atoms with van der Waals surface area (Å²) in [7, 11) is -2.12. The van der Waals surface area contributed by atoms with Crippen LogP contribution in [0.15, 0.2) is 23.1 Å². The van der Waals surface area contributed by atoms with E-state index in [1.54, 1.807) is 13.8 Å². The number of sulfonamides is 1. The monoisotopic (exact) mass is 350 g/mol. The van der Waals surface area contributed by atoms with Gasteiger partial charge in [0, 0.05) is 25.3 Å². The van der Waals surface area contributed by atoms with Gasteiger partial charge in [0.1, 0.15) is 4.99 Å². The van der Waals surface area contributed by atoms with Crippen LogP contribution in [0.1, 0.15) is 19.4 Å². The molecule has 0 bridgehead atoms. The number of methoxy groups -OCH3 is 1. The van der Waals surface area contributed by atoms with Crippen LogP contribution >= 0.6 is 23.8 Å². The fourth-order valence-electron chi connectivity index (χ4n) is 2.03. The lowest BCUT2D eigenvalue weighted by molar-refractivity contribution is 0.142. The molecule has 118 valence electrons. The maximum Gasteiger partial charge on any atom is 0.243 e. The first-order chi connectivity index (χ1) is 9.75. The predicted molar refractivity (Wildman–Crippen MR) is 88.2 cm³/mol. The molecule has 0 amide bonds. The quantitative estimate of drug-likeness (QED) is 0.762. The highest BCUT2D eigenvalue weighted by Gasteiger charge is 2.28. The first-order valence-corrected chi connectivity index (χ1v) is 8.58. The number of likely N-dealkylation sites (N-methyl/N-ethyl adjacent to an activating group) is 1. The van der Waals surface area contributed by atoms with Gasteiger partial charge in [-0.05, 0) is 25.1 Å². The van der Waals surface area contributed by atoms with E-state index >= 15 is 0 Å². The largest absolute Gasteiger partial charge is 0.389 e. The van der Waals surface area contributed by atoms with Crippen LogP contribution in [0.3, 0.4) is 0 Å². The number of halogens is 1. The molecular weight excluding hydrogens is 332 g/mol. The molecule has 1 aromatic rings. The van der Waals surface area contributed by atoms with Gasteiger partial charge in [-0.3, -0.25) is 0 Å². The molecule has 2 N–H and O–H groups in total. The van der Waals surface area contributed by atoms with E-state index in [1.165, 1.54) is 29.6 Å². The number of hydrogen-bond acceptors (Lipinski definition) is 4. The summed E-state index contributed by atoms with van der Waals surface area (Å²) in [6.07, 6.45) is 0. The molecule has 5 nitrogen and oxygen atoms in total. The standard InChI is InChI=1S/C13H19ClN2O3S2/c1-4-16(9(2)8-19-3)21(17,18)10-5-6-11(13(15)20)12(14)7-10/h5-7,9H,4,8H2,1-3H3,(H2,15,20). The van der Waals surface area contributed by atoms with Crippen LogP contribution in [-0.4, -0.2) is 44.0 Å². The number of rotatable bonds is 7. The number of benzene rings is 1. The number of ether oxygens (including phenoxy) is 1. The van der Waals surface area contributed by atoms with Crippen molar-refractivity contribution in [2.45, 2.75) is 24.8 Å². The summed E-state index contributed by atoms with van der Waals surface area (Å²) >= 11 is 10.9. The zero-order valence-electron chi connectivity index (χ0n) is 12.2. The Bertz CT molecular complexity index is 620. The average Bonchev–Trinajstić information content (AvgIpc) is 2.38. The van der Waals surface area contributed by atoms with Gasteiger partial charge in [0.15, 0.2) is 0 Å². The van der Waals surface area contributed by atoms with E-state index in [0.29, 0.717) is 18.7 Å². The summed E-state index contributed by atoms with van der Waals surface area (Å²) in [4.78, 5) is 0.237. The Hall–Kier alpha value is -0.730. The lowest BCUT2D eigenvalue weighted by atomic mass is 10.2. The van der Waals surface area contributed by atoms with E-state index in [1.807, 2.05) is 0 Å². The Labute approximate surface area is 136 Å². The second kappa shape index (κ2) is 7.51. The molecule has 1 rings (SSSR count). The average molecular weight is 351 g/mol. The molecule has 21 heavy (non-hydrogen) atoms. The third-order valence-corrected chi connectivity index (χ3v) is 5.64. The van der Waals surface area contributed by atoms with Gasteiger partial charge < -0.3 is 10.5 Å². The molecule has 0 aromatic heterocycles. The summed E-state index contributed by atoms with van der Waals surface area (Å²) in [6.45, 7) is 4.21. The Kier molecular flexibility index (Phi) is 6.55. The van der Waals surface area contributed by atoms with E-state index < -0.39 is 10.0 Å². The molecule has 0 radical (unpaired) electrons. The van der Waals surface area contributed by atoms with Crippen LogP contribution in [0.2, 0.25) is 5.02 Å². The highest BCUT2D eigenvalue weighted by Crippen LogP contribution is 2.24. The number of nitrogens with two attached hydrogens (primary N) is 1. The minimum absolute atomic E-state index is 0.109. The zero-order valence-corrected chi connectivity index (χ0v) is 14.6. The van der Waals surface area contributed by atoms with Crippen molar-refractivity contribution in [2.75, 3.05) is 20.3 Å². The highest BCUT2D eigenvalue weighted by atomic mass is 35.5. The second-order valence-corrected chi connectivity index (χ2v) is 7.26. The lowest BCUT2D eigenvalue weighted by Gasteiger charge is -2.26. The van der Waals surface area contributed by atoms with Gasteiger partial charge in [0.25, 0.3) is 0 Å². The minimum atomic E-state index is -3.65. The van der Waals surface area contributed by atoms with E-state index in [9.17, 15) is 8.42 Å². The number of nitrogens with zero attached hydrogens (tertiary/aromatic N) is 1. The van der Waals surface area contributed by atoms with E-state index in [-0.39, 0.29) is 20.9 Å². The van der Waals surface area contributed by atoms with Gasteiger partial charge >= 0.3 is 0 Å².